The van der Waals surface area contributed by atoms with E-state index in [2.05, 4.69) is 11.4 Å². The fourth-order valence-electron chi connectivity index (χ4n) is 4.24. The number of hydrogen-bond donors (Lipinski definition) is 2. The van der Waals surface area contributed by atoms with Gasteiger partial charge in [-0.1, -0.05) is 42.5 Å². The van der Waals surface area contributed by atoms with Gasteiger partial charge in [0.1, 0.15) is 11.5 Å². The molecule has 3 N–H and O–H groups in total. The molecule has 10 heteroatoms. The SMILES string of the molecule is CCOCCCNC(=O)c1ccccc1N1C(N)=C(C#N)C(c2ccccc2)C(C(=O)OC)=C1C(=O)OC. The van der Waals surface area contributed by atoms with Gasteiger partial charge in [-0.2, -0.15) is 5.26 Å². The molecule has 0 aromatic heterocycles. The number of amides is 1. The molecule has 1 amide bonds. The van der Waals surface area contributed by atoms with Crippen LogP contribution in [0.15, 0.2) is 77.3 Å². The number of methoxy groups -OCH3 is 2. The number of anilines is 1. The van der Waals surface area contributed by atoms with Gasteiger partial charge in [0.2, 0.25) is 0 Å². The monoisotopic (exact) mass is 518 g/mol. The highest BCUT2D eigenvalue weighted by Gasteiger charge is 2.43. The molecule has 1 aliphatic rings. The highest BCUT2D eigenvalue weighted by atomic mass is 16.5. The zero-order valence-electron chi connectivity index (χ0n) is 21.5. The molecule has 0 saturated carbocycles. The second-order valence-corrected chi connectivity index (χ2v) is 8.16. The maximum absolute atomic E-state index is 13.2. The number of rotatable bonds is 10. The number of benzene rings is 2. The molecule has 2 aromatic carbocycles. The number of nitrogens with one attached hydrogen (secondary N) is 1. The zero-order valence-corrected chi connectivity index (χ0v) is 21.5. The van der Waals surface area contributed by atoms with Crippen molar-refractivity contribution < 1.29 is 28.6 Å². The van der Waals surface area contributed by atoms with Gasteiger partial charge in [0.25, 0.3) is 5.91 Å². The summed E-state index contributed by atoms with van der Waals surface area (Å²) in [7, 11) is 2.34. The highest BCUT2D eigenvalue weighted by Crippen LogP contribution is 2.43. The molecule has 3 rings (SSSR count). The third-order valence-electron chi connectivity index (χ3n) is 5.96. The topological polar surface area (TPSA) is 144 Å². The van der Waals surface area contributed by atoms with Crippen molar-refractivity contribution in [1.29, 1.82) is 5.26 Å². The van der Waals surface area contributed by atoms with Crippen LogP contribution in [-0.4, -0.2) is 51.8 Å². The molecule has 0 bridgehead atoms. The number of hydrogen-bond acceptors (Lipinski definition) is 9. The molecule has 1 aliphatic heterocycles. The zero-order chi connectivity index (χ0) is 27.7. The molecule has 38 heavy (non-hydrogen) atoms. The minimum absolute atomic E-state index is 0.0104. The smallest absolute Gasteiger partial charge is 0.355 e. The molecule has 0 spiro atoms. The molecule has 198 valence electrons. The second kappa shape index (κ2) is 13.1. The number of nitrogens with zero attached hydrogens (tertiary/aromatic N) is 2. The van der Waals surface area contributed by atoms with Gasteiger partial charge >= 0.3 is 11.9 Å². The van der Waals surface area contributed by atoms with E-state index in [1.165, 1.54) is 12.0 Å². The van der Waals surface area contributed by atoms with Crippen molar-refractivity contribution in [1.82, 2.24) is 5.32 Å². The number of allylic oxidation sites excluding steroid dienone is 1. The van der Waals surface area contributed by atoms with E-state index in [1.54, 1.807) is 54.6 Å². The van der Waals surface area contributed by atoms with Gasteiger partial charge < -0.3 is 25.3 Å². The molecule has 2 aromatic rings. The van der Waals surface area contributed by atoms with Crippen molar-refractivity contribution in [2.75, 3.05) is 38.9 Å². The van der Waals surface area contributed by atoms with E-state index in [0.717, 1.165) is 7.11 Å². The Morgan fingerprint density at radius 2 is 1.68 bits per heavy atom. The van der Waals surface area contributed by atoms with Crippen molar-refractivity contribution in [2.45, 2.75) is 19.3 Å². The van der Waals surface area contributed by atoms with Crippen molar-refractivity contribution in [2.24, 2.45) is 5.73 Å². The van der Waals surface area contributed by atoms with Gasteiger partial charge in [-0.15, -0.1) is 0 Å². The van der Waals surface area contributed by atoms with E-state index >= 15 is 0 Å². The van der Waals surface area contributed by atoms with Crippen molar-refractivity contribution in [3.8, 4) is 6.07 Å². The van der Waals surface area contributed by atoms with Crippen LogP contribution in [0, 0.1) is 11.3 Å². The van der Waals surface area contributed by atoms with Gasteiger partial charge in [0, 0.05) is 19.8 Å². The summed E-state index contributed by atoms with van der Waals surface area (Å²) in [4.78, 5) is 40.8. The van der Waals surface area contributed by atoms with Gasteiger partial charge in [-0.05, 0) is 31.0 Å². The molecular formula is C28H30N4O6. The summed E-state index contributed by atoms with van der Waals surface area (Å²) in [5.41, 5.74) is 7.08. The number of ether oxygens (including phenoxy) is 3. The van der Waals surface area contributed by atoms with Crippen molar-refractivity contribution in [3.63, 3.8) is 0 Å². The lowest BCUT2D eigenvalue weighted by Crippen LogP contribution is -2.41. The van der Waals surface area contributed by atoms with Crippen LogP contribution >= 0.6 is 0 Å². The average Bonchev–Trinajstić information content (AvgIpc) is 2.95. The lowest BCUT2D eigenvalue weighted by atomic mass is 9.80. The van der Waals surface area contributed by atoms with E-state index in [4.69, 9.17) is 19.9 Å². The Bertz CT molecular complexity index is 1300. The Balaban J connectivity index is 2.23. The molecular weight excluding hydrogens is 488 g/mol. The van der Waals surface area contributed by atoms with Crippen LogP contribution in [0.25, 0.3) is 0 Å². The van der Waals surface area contributed by atoms with E-state index in [0.29, 0.717) is 31.7 Å². The Labute approximate surface area is 221 Å². The van der Waals surface area contributed by atoms with E-state index in [-0.39, 0.29) is 33.9 Å². The first-order valence-electron chi connectivity index (χ1n) is 12.0. The molecule has 1 unspecified atom stereocenters. The molecule has 0 saturated heterocycles. The number of carbonyl (C=O) groups is 3. The van der Waals surface area contributed by atoms with Crippen LogP contribution in [0.4, 0.5) is 5.69 Å². The Hall–Kier alpha value is -4.62. The summed E-state index contributed by atoms with van der Waals surface area (Å²) in [6.45, 7) is 3.31. The third kappa shape index (κ3) is 5.68. The van der Waals surface area contributed by atoms with Crippen LogP contribution in [0.3, 0.4) is 0 Å². The maximum atomic E-state index is 13.2. The van der Waals surface area contributed by atoms with Crippen LogP contribution < -0.4 is 16.0 Å². The van der Waals surface area contributed by atoms with E-state index in [9.17, 15) is 19.6 Å². The summed E-state index contributed by atoms with van der Waals surface area (Å²) >= 11 is 0. The fourth-order valence-corrected chi connectivity index (χ4v) is 4.24. The summed E-state index contributed by atoms with van der Waals surface area (Å²) < 4.78 is 15.4. The third-order valence-corrected chi connectivity index (χ3v) is 5.96. The van der Waals surface area contributed by atoms with Crippen LogP contribution in [0.2, 0.25) is 0 Å². The first-order chi connectivity index (χ1) is 18.4. The van der Waals surface area contributed by atoms with Gasteiger partial charge in [-0.25, -0.2) is 9.59 Å². The fraction of sp³-hybridized carbons (Fsp3) is 0.286. The molecule has 10 nitrogen and oxygen atoms in total. The van der Waals surface area contributed by atoms with Gasteiger partial charge in [-0.3, -0.25) is 9.69 Å². The summed E-state index contributed by atoms with van der Waals surface area (Å²) in [6, 6.07) is 17.2. The Morgan fingerprint density at radius 3 is 2.32 bits per heavy atom. The lowest BCUT2D eigenvalue weighted by Gasteiger charge is -2.36. The quantitative estimate of drug-likeness (QED) is 0.358. The number of para-hydroxylation sites is 1. The largest absolute Gasteiger partial charge is 0.466 e. The van der Waals surface area contributed by atoms with E-state index < -0.39 is 23.8 Å². The summed E-state index contributed by atoms with van der Waals surface area (Å²) in [6.07, 6.45) is 0.602. The molecule has 1 heterocycles. The number of carbonyl (C=O) groups excluding carboxylic acids is 3. The minimum Gasteiger partial charge on any atom is -0.466 e. The average molecular weight is 519 g/mol. The van der Waals surface area contributed by atoms with Crippen LogP contribution in [-0.2, 0) is 23.8 Å². The molecule has 1 atom stereocenters. The Kier molecular flexibility index (Phi) is 9.62. The standard InChI is InChI=1S/C28H30N4O6/c1-4-38-16-10-15-31-26(33)19-13-8-9-14-21(19)32-24(28(35)37-3)23(27(34)36-2)22(20(17-29)25(32)30)18-11-6-5-7-12-18/h5-9,11-14,22H,4,10,15-16,30H2,1-3H3,(H,31,33). The lowest BCUT2D eigenvalue weighted by molar-refractivity contribution is -0.139. The maximum Gasteiger partial charge on any atom is 0.355 e. The Morgan fingerprint density at radius 1 is 1.03 bits per heavy atom. The normalized spacial score (nSPS) is 15.1. The predicted octanol–water partition coefficient (Wildman–Crippen LogP) is 2.74. The number of esters is 2. The van der Waals surface area contributed by atoms with Crippen molar-refractivity contribution >= 4 is 23.5 Å². The summed E-state index contributed by atoms with van der Waals surface area (Å²) in [5.74, 6) is -3.29. The predicted molar refractivity (Wildman–Crippen MR) is 139 cm³/mol. The first kappa shape index (κ1) is 28.0. The minimum atomic E-state index is -1.00. The first-order valence-corrected chi connectivity index (χ1v) is 12.0. The van der Waals surface area contributed by atoms with Gasteiger partial charge in [0.05, 0.1) is 48.6 Å². The molecule has 0 aliphatic carbocycles. The second-order valence-electron chi connectivity index (χ2n) is 8.16. The van der Waals surface area contributed by atoms with Gasteiger partial charge in [0.15, 0.2) is 0 Å². The van der Waals surface area contributed by atoms with E-state index in [1.807, 2.05) is 6.92 Å². The number of nitriles is 1. The number of nitrogens with two attached hydrogens (primary N) is 1. The molecule has 0 radical (unpaired) electrons. The van der Waals surface area contributed by atoms with Crippen molar-refractivity contribution in [3.05, 3.63) is 88.4 Å². The van der Waals surface area contributed by atoms with Crippen LogP contribution in [0.1, 0.15) is 35.2 Å². The van der Waals surface area contributed by atoms with Crippen LogP contribution in [0.5, 0.6) is 0 Å². The molecule has 0 fully saturated rings. The highest BCUT2D eigenvalue weighted by molar-refractivity contribution is 6.08. The summed E-state index contributed by atoms with van der Waals surface area (Å²) in [5, 5.41) is 13.0.